The van der Waals surface area contributed by atoms with Gasteiger partial charge in [-0.15, -0.1) is 0 Å². The van der Waals surface area contributed by atoms with E-state index in [9.17, 15) is 0 Å². The lowest BCUT2D eigenvalue weighted by molar-refractivity contribution is 0.793. The van der Waals surface area contributed by atoms with Gasteiger partial charge in [-0.2, -0.15) is 0 Å². The Morgan fingerprint density at radius 3 is 0.550 bits per heavy atom. The fourth-order valence-corrected chi connectivity index (χ4v) is 23.5. The Morgan fingerprint density at radius 1 is 0.147 bits per heavy atom. The van der Waals surface area contributed by atoms with Gasteiger partial charge in [-0.25, -0.2) is 0 Å². The number of allylic oxidation sites excluding steroid dienone is 3. The molecule has 0 aliphatic heterocycles. The van der Waals surface area contributed by atoms with Crippen LogP contribution in [0.5, 0.6) is 0 Å². The summed E-state index contributed by atoms with van der Waals surface area (Å²) in [6.45, 7) is 6.29. The molecule has 0 amide bonds. The predicted molar refractivity (Wildman–Crippen MR) is 540 cm³/mol. The summed E-state index contributed by atoms with van der Waals surface area (Å²) in [5.74, 6) is 0. The van der Waals surface area contributed by atoms with Crippen molar-refractivity contribution in [2.24, 2.45) is 0 Å². The minimum atomic E-state index is -0.652. The van der Waals surface area contributed by atoms with Crippen molar-refractivity contribution in [2.75, 3.05) is 14.7 Å². The van der Waals surface area contributed by atoms with Gasteiger partial charge < -0.3 is 14.7 Å². The summed E-state index contributed by atoms with van der Waals surface area (Å²) in [5, 5.41) is 0. The molecule has 0 unspecified atom stereocenters. The van der Waals surface area contributed by atoms with Gasteiger partial charge in [0.25, 0.3) is 0 Å². The molecule has 0 fully saturated rings. The minimum Gasteiger partial charge on any atom is -0.310 e. The topological polar surface area (TPSA) is 9.72 Å². The number of fused-ring (bicyclic) bond motifs is 30. The molecule has 6 aliphatic rings. The number of nitrogens with zero attached hydrogens (tertiary/aromatic N) is 3. The van der Waals surface area contributed by atoms with E-state index in [1.807, 2.05) is 0 Å². The van der Waals surface area contributed by atoms with Crippen molar-refractivity contribution in [3.63, 3.8) is 0 Å². The molecule has 19 aromatic rings. The molecule has 0 N–H and O–H groups in total. The summed E-state index contributed by atoms with van der Waals surface area (Å²) in [5.41, 5.74) is 47.4. The van der Waals surface area contributed by atoms with Gasteiger partial charge in [0.05, 0.1) is 33.3 Å². The maximum absolute atomic E-state index is 2.58. The van der Waals surface area contributed by atoms with Gasteiger partial charge in [0.2, 0.25) is 0 Å². The van der Waals surface area contributed by atoms with Crippen LogP contribution in [0.3, 0.4) is 0 Å². The number of rotatable bonds is 15. The SMILES string of the molecule is C/C=C/c1cccc(-c2cccc(N(c3cc(N(c4cccc(-c5cccc(/C=C/C)c5)c4)c4ccc5c(c4)C4(c6ccccc6-c6ccccc64)c4ccccc4-5)cc(N(c4cccc(-c5cccc(/C=C/C)c5)c4)c4ccc5c(c4)C4(c6ccccc6-c6ccccc64)c4ccccc4-5)c3)c3ccc4c(c3)C3(c5ccccc5-c5ccccc53)c3ccccc3-4)c2)c1. The lowest BCUT2D eigenvalue weighted by Gasteiger charge is -2.35. The smallest absolute Gasteiger partial charge is 0.0726 e. The molecule has 0 heterocycles. The predicted octanol–water partition coefficient (Wildman–Crippen LogP) is 33.2. The molecule has 0 bridgehead atoms. The highest BCUT2D eigenvalue weighted by molar-refractivity contribution is 6.03. The van der Waals surface area contributed by atoms with Gasteiger partial charge in [-0.1, -0.05) is 364 Å². The zero-order valence-corrected chi connectivity index (χ0v) is 71.9. The summed E-state index contributed by atoms with van der Waals surface area (Å²) in [7, 11) is 0. The number of hydrogen-bond donors (Lipinski definition) is 0. The molecule has 3 spiro atoms. The van der Waals surface area contributed by atoms with Gasteiger partial charge in [0, 0.05) is 34.1 Å². The van der Waals surface area contributed by atoms with Crippen LogP contribution >= 0.6 is 0 Å². The summed E-state index contributed by atoms with van der Waals surface area (Å²) in [6, 6.07) is 167. The molecule has 6 aliphatic carbocycles. The molecule has 3 heteroatoms. The second-order valence-corrected chi connectivity index (χ2v) is 35.1. The summed E-state index contributed by atoms with van der Waals surface area (Å²) in [6.07, 6.45) is 13.0. The molecule has 0 saturated heterocycles. The van der Waals surface area contributed by atoms with E-state index < -0.39 is 16.2 Å². The molecular formula is C126H87N3. The third-order valence-corrected chi connectivity index (χ3v) is 28.4. The molecule has 0 aromatic heterocycles. The van der Waals surface area contributed by atoms with Crippen LogP contribution in [0.1, 0.15) is 104 Å². The fourth-order valence-electron chi connectivity index (χ4n) is 23.5. The molecule has 3 nitrogen and oxygen atoms in total. The van der Waals surface area contributed by atoms with E-state index in [1.165, 1.54) is 134 Å². The van der Waals surface area contributed by atoms with Crippen molar-refractivity contribution in [1.82, 2.24) is 0 Å². The summed E-state index contributed by atoms with van der Waals surface area (Å²) < 4.78 is 0. The highest BCUT2D eigenvalue weighted by atomic mass is 15.2. The molecule has 25 rings (SSSR count). The van der Waals surface area contributed by atoms with Gasteiger partial charge in [0.1, 0.15) is 0 Å². The first-order valence-electron chi connectivity index (χ1n) is 45.2. The highest BCUT2D eigenvalue weighted by Crippen LogP contribution is 2.68. The Hall–Kier alpha value is -16.2. The van der Waals surface area contributed by atoms with E-state index in [0.29, 0.717) is 0 Å². The minimum absolute atomic E-state index is 0.652. The van der Waals surface area contributed by atoms with Crippen molar-refractivity contribution in [2.45, 2.75) is 37.0 Å². The van der Waals surface area contributed by atoms with Crippen LogP contribution in [0.4, 0.5) is 51.2 Å². The molecular weight excluding hydrogens is 1560 g/mol. The van der Waals surface area contributed by atoms with Gasteiger partial charge in [-0.3, -0.25) is 0 Å². The monoisotopic (exact) mass is 1640 g/mol. The van der Waals surface area contributed by atoms with E-state index in [0.717, 1.165) is 101 Å². The Labute approximate surface area is 754 Å². The van der Waals surface area contributed by atoms with Crippen molar-refractivity contribution >= 4 is 69.4 Å². The second-order valence-electron chi connectivity index (χ2n) is 35.1. The van der Waals surface area contributed by atoms with E-state index >= 15 is 0 Å². The molecule has 0 atom stereocenters. The average Bonchev–Trinajstić information content (AvgIpc) is 1.52. The largest absolute Gasteiger partial charge is 0.310 e. The number of anilines is 9. The van der Waals surface area contributed by atoms with Crippen LogP contribution in [0.25, 0.3) is 118 Å². The van der Waals surface area contributed by atoms with E-state index in [-0.39, 0.29) is 0 Å². The maximum atomic E-state index is 2.58. The summed E-state index contributed by atoms with van der Waals surface area (Å²) in [4.78, 5) is 7.75. The van der Waals surface area contributed by atoms with Crippen LogP contribution in [0, 0.1) is 0 Å². The Balaban J connectivity index is 0.813. The third kappa shape index (κ3) is 11.2. The van der Waals surface area contributed by atoms with Crippen LogP contribution in [-0.2, 0) is 16.2 Å². The Kier molecular flexibility index (Phi) is 17.4. The first kappa shape index (κ1) is 75.3. The lowest BCUT2D eigenvalue weighted by atomic mass is 9.70. The first-order chi connectivity index (χ1) is 63.8. The van der Waals surface area contributed by atoms with Crippen LogP contribution in [0.2, 0.25) is 0 Å². The number of hydrogen-bond acceptors (Lipinski definition) is 3. The average molecular weight is 1640 g/mol. The quantitative estimate of drug-likeness (QED) is 0.101. The highest BCUT2D eigenvalue weighted by Gasteiger charge is 2.55. The standard InChI is InChI=1S/C126H87N3/c1-4-31-82-34-25-37-85(70-82)88-40-28-43-91(73-88)127(94-64-67-109-106-52-13-22-61-118(106)124(121(109)79-94)112-55-16-7-46-100(112)101-47-8-17-56-113(101)124)97-76-98(128(92-44-29-41-89(74-92)86-38-26-35-83(71-86)32-5-2)95-65-68-110-107-53-14-23-62-119(107)125(122(110)80-95)114-57-18-9-48-102(114)103-49-10-19-58-115(103)125)78-99(77-97)129(93-45-30-42-90(75-93)87-39-27-36-84(72-87)33-6-3)96-66-69-111-108-54-15-24-63-120(108)126(123(111)81-96)116-59-20-11-50-104(116)105-51-12-21-60-117(105)126/h4-81H,1-3H3/b31-4+,32-5+,33-6+. The number of benzene rings is 19. The second kappa shape index (κ2) is 29.7. The van der Waals surface area contributed by atoms with Crippen LogP contribution in [-0.4, -0.2) is 0 Å². The Bertz CT molecular complexity index is 7030. The van der Waals surface area contributed by atoms with Crippen LogP contribution < -0.4 is 14.7 Å². The van der Waals surface area contributed by atoms with Gasteiger partial charge in [-0.05, 0) is 314 Å². The third-order valence-electron chi connectivity index (χ3n) is 28.4. The van der Waals surface area contributed by atoms with E-state index in [2.05, 4.69) is 509 Å². The fraction of sp³-hybridized carbons (Fsp3) is 0.0476. The van der Waals surface area contributed by atoms with E-state index in [1.54, 1.807) is 0 Å². The van der Waals surface area contributed by atoms with Crippen molar-refractivity contribution in [1.29, 1.82) is 0 Å². The van der Waals surface area contributed by atoms with Gasteiger partial charge in [0.15, 0.2) is 0 Å². The molecule has 19 aromatic carbocycles. The zero-order chi connectivity index (χ0) is 85.6. The summed E-state index contributed by atoms with van der Waals surface area (Å²) >= 11 is 0. The lowest BCUT2D eigenvalue weighted by Crippen LogP contribution is -2.26. The van der Waals surface area contributed by atoms with Crippen molar-refractivity contribution in [3.8, 4) is 100 Å². The first-order valence-corrected chi connectivity index (χ1v) is 45.2. The maximum Gasteiger partial charge on any atom is 0.0726 e. The van der Waals surface area contributed by atoms with Crippen molar-refractivity contribution in [3.05, 3.63) is 538 Å². The molecule has 0 radical (unpaired) electrons. The van der Waals surface area contributed by atoms with Crippen LogP contribution in [0.15, 0.2) is 455 Å². The molecule has 129 heavy (non-hydrogen) atoms. The normalized spacial score (nSPS) is 13.8. The molecule has 606 valence electrons. The Morgan fingerprint density at radius 2 is 0.333 bits per heavy atom. The van der Waals surface area contributed by atoms with Gasteiger partial charge >= 0.3 is 0 Å². The van der Waals surface area contributed by atoms with Crippen molar-refractivity contribution < 1.29 is 0 Å². The van der Waals surface area contributed by atoms with E-state index in [4.69, 9.17) is 0 Å². The molecule has 0 saturated carbocycles. The zero-order valence-electron chi connectivity index (χ0n) is 71.9.